The first-order chi connectivity index (χ1) is 22.8. The maximum atomic E-state index is 5.17. The van der Waals surface area contributed by atoms with Crippen LogP contribution in [0, 0.1) is 0 Å². The van der Waals surface area contributed by atoms with E-state index in [0.29, 0.717) is 5.82 Å². The Balaban J connectivity index is 1.26. The Hall–Kier alpha value is -6.19. The van der Waals surface area contributed by atoms with E-state index in [0.717, 1.165) is 44.8 Å². The molecule has 0 fully saturated rings. The number of hydrogen-bond donors (Lipinski definition) is 0. The van der Waals surface area contributed by atoms with Crippen molar-refractivity contribution in [2.45, 2.75) is 0 Å². The first-order valence-corrected chi connectivity index (χ1v) is 15.4. The lowest BCUT2D eigenvalue weighted by Gasteiger charge is -2.12. The molecular weight excluding hydrogens is 558 g/mol. The van der Waals surface area contributed by atoms with Crippen molar-refractivity contribution >= 4 is 10.8 Å². The van der Waals surface area contributed by atoms with Crippen molar-refractivity contribution in [3.8, 4) is 67.3 Å². The van der Waals surface area contributed by atoms with E-state index in [1.54, 1.807) is 6.20 Å². The van der Waals surface area contributed by atoms with Gasteiger partial charge in [-0.05, 0) is 62.9 Å². The van der Waals surface area contributed by atoms with Gasteiger partial charge in [-0.2, -0.15) is 0 Å². The minimum atomic E-state index is 0.688. The van der Waals surface area contributed by atoms with Crippen molar-refractivity contribution in [2.75, 3.05) is 0 Å². The molecule has 2 heterocycles. The number of pyridine rings is 1. The van der Waals surface area contributed by atoms with Crippen molar-refractivity contribution < 1.29 is 0 Å². The Morgan fingerprint density at radius 1 is 0.348 bits per heavy atom. The molecule has 0 atom stereocenters. The molecule has 0 N–H and O–H groups in total. The summed E-state index contributed by atoms with van der Waals surface area (Å²) < 4.78 is 0. The molecule has 0 radical (unpaired) electrons. The van der Waals surface area contributed by atoms with Gasteiger partial charge in [0.1, 0.15) is 0 Å². The van der Waals surface area contributed by atoms with E-state index in [-0.39, 0.29) is 0 Å². The van der Waals surface area contributed by atoms with Gasteiger partial charge >= 0.3 is 0 Å². The number of benzene rings is 6. The second-order valence-electron chi connectivity index (χ2n) is 11.3. The average Bonchev–Trinajstić information content (AvgIpc) is 3.15. The van der Waals surface area contributed by atoms with Crippen LogP contribution in [0.4, 0.5) is 0 Å². The fourth-order valence-corrected chi connectivity index (χ4v) is 6.03. The zero-order chi connectivity index (χ0) is 30.7. The summed E-state index contributed by atoms with van der Waals surface area (Å²) >= 11 is 0. The smallest absolute Gasteiger partial charge is 0.160 e. The van der Waals surface area contributed by atoms with Crippen LogP contribution in [-0.2, 0) is 0 Å². The second kappa shape index (κ2) is 12.1. The molecule has 2 aromatic heterocycles. The highest BCUT2D eigenvalue weighted by Gasteiger charge is 2.13. The van der Waals surface area contributed by atoms with Gasteiger partial charge in [0.25, 0.3) is 0 Å². The summed E-state index contributed by atoms with van der Waals surface area (Å²) in [6.45, 7) is 0. The van der Waals surface area contributed by atoms with E-state index >= 15 is 0 Å². The fourth-order valence-electron chi connectivity index (χ4n) is 6.03. The molecule has 0 saturated heterocycles. The number of hydrogen-bond acceptors (Lipinski definition) is 3. The van der Waals surface area contributed by atoms with E-state index < -0.39 is 0 Å². The Morgan fingerprint density at radius 3 is 1.76 bits per heavy atom. The molecule has 0 aliphatic heterocycles. The molecule has 0 aliphatic rings. The molecule has 3 heteroatoms. The van der Waals surface area contributed by atoms with Gasteiger partial charge < -0.3 is 0 Å². The predicted octanol–water partition coefficient (Wildman–Crippen LogP) is 11.0. The van der Waals surface area contributed by atoms with Gasteiger partial charge in [-0.1, -0.05) is 140 Å². The molecule has 6 aromatic carbocycles. The minimum absolute atomic E-state index is 0.688. The van der Waals surface area contributed by atoms with E-state index in [4.69, 9.17) is 9.97 Å². The summed E-state index contributed by atoms with van der Waals surface area (Å²) in [5, 5.41) is 2.45. The van der Waals surface area contributed by atoms with Crippen molar-refractivity contribution in [1.29, 1.82) is 0 Å². The maximum absolute atomic E-state index is 5.17. The van der Waals surface area contributed by atoms with Crippen molar-refractivity contribution in [1.82, 2.24) is 15.0 Å². The van der Waals surface area contributed by atoms with Crippen LogP contribution >= 0.6 is 0 Å². The van der Waals surface area contributed by atoms with E-state index in [1.807, 2.05) is 18.3 Å². The molecule has 0 amide bonds. The molecule has 3 nitrogen and oxygen atoms in total. The predicted molar refractivity (Wildman–Crippen MR) is 190 cm³/mol. The number of aromatic nitrogens is 3. The molecule has 46 heavy (non-hydrogen) atoms. The molecule has 8 rings (SSSR count). The summed E-state index contributed by atoms with van der Waals surface area (Å²) in [6, 6.07) is 57.2. The Labute approximate surface area is 268 Å². The quantitative estimate of drug-likeness (QED) is 0.194. The highest BCUT2D eigenvalue weighted by atomic mass is 14.9. The van der Waals surface area contributed by atoms with Gasteiger partial charge in [-0.3, -0.25) is 4.98 Å². The lowest BCUT2D eigenvalue weighted by Crippen LogP contribution is -1.96. The van der Waals surface area contributed by atoms with Crippen molar-refractivity contribution in [2.24, 2.45) is 0 Å². The SMILES string of the molecule is c1ccc(-c2ccc(-c3cc(-c4cccc(-c5cccnc5)c4)nc(-c4cccc(-c5cccc6ccccc56)c4)n3)cc2)cc1. The average molecular weight is 588 g/mol. The van der Waals surface area contributed by atoms with Crippen LogP contribution in [0.2, 0.25) is 0 Å². The van der Waals surface area contributed by atoms with E-state index in [1.165, 1.54) is 27.5 Å². The molecule has 8 aromatic rings. The first kappa shape index (κ1) is 27.4. The van der Waals surface area contributed by atoms with Gasteiger partial charge in [-0.25, -0.2) is 9.97 Å². The molecule has 0 bridgehead atoms. The minimum Gasteiger partial charge on any atom is -0.264 e. The Kier molecular flexibility index (Phi) is 7.18. The molecular formula is C43H29N3. The zero-order valence-corrected chi connectivity index (χ0v) is 25.1. The van der Waals surface area contributed by atoms with Crippen LogP contribution in [0.25, 0.3) is 78.1 Å². The third-order valence-corrected chi connectivity index (χ3v) is 8.39. The number of nitrogens with zero attached hydrogens (tertiary/aromatic N) is 3. The number of fused-ring (bicyclic) bond motifs is 1. The normalized spacial score (nSPS) is 11.0. The molecule has 0 spiro atoms. The molecule has 216 valence electrons. The standard InChI is InChI=1S/C43H29N3/c1-2-10-30(11-3-1)31-21-23-33(24-22-31)41-28-42(36-16-6-14-34(26-36)38-18-9-25-44-29-38)46-43(45-41)37-17-7-15-35(27-37)40-20-8-13-32-12-4-5-19-39(32)40/h1-29H. The topological polar surface area (TPSA) is 38.7 Å². The van der Waals surface area contributed by atoms with Crippen LogP contribution in [0.1, 0.15) is 0 Å². The Bertz CT molecular complexity index is 2290. The maximum Gasteiger partial charge on any atom is 0.160 e. The third-order valence-electron chi connectivity index (χ3n) is 8.39. The van der Waals surface area contributed by atoms with Crippen LogP contribution in [0.15, 0.2) is 176 Å². The van der Waals surface area contributed by atoms with E-state index in [2.05, 4.69) is 157 Å². The fraction of sp³-hybridized carbons (Fsp3) is 0. The van der Waals surface area contributed by atoms with E-state index in [9.17, 15) is 0 Å². The van der Waals surface area contributed by atoms with Gasteiger partial charge in [0.2, 0.25) is 0 Å². The number of rotatable bonds is 6. The van der Waals surface area contributed by atoms with Crippen LogP contribution in [0.3, 0.4) is 0 Å². The molecule has 0 saturated carbocycles. The van der Waals surface area contributed by atoms with Gasteiger partial charge in [0.15, 0.2) is 5.82 Å². The van der Waals surface area contributed by atoms with Gasteiger partial charge in [0, 0.05) is 34.6 Å². The summed E-state index contributed by atoms with van der Waals surface area (Å²) in [6.07, 6.45) is 3.69. The van der Waals surface area contributed by atoms with Gasteiger partial charge in [0.05, 0.1) is 11.4 Å². The van der Waals surface area contributed by atoms with Crippen LogP contribution in [-0.4, -0.2) is 15.0 Å². The largest absolute Gasteiger partial charge is 0.264 e. The molecule has 0 unspecified atom stereocenters. The summed E-state index contributed by atoms with van der Waals surface area (Å²) in [5.41, 5.74) is 11.6. The van der Waals surface area contributed by atoms with Gasteiger partial charge in [-0.15, -0.1) is 0 Å². The van der Waals surface area contributed by atoms with Crippen molar-refractivity contribution in [3.63, 3.8) is 0 Å². The third kappa shape index (κ3) is 5.47. The molecule has 0 aliphatic carbocycles. The zero-order valence-electron chi connectivity index (χ0n) is 25.1. The highest BCUT2D eigenvalue weighted by Crippen LogP contribution is 2.34. The monoisotopic (exact) mass is 587 g/mol. The summed E-state index contributed by atoms with van der Waals surface area (Å²) in [4.78, 5) is 14.7. The summed E-state index contributed by atoms with van der Waals surface area (Å²) in [5.74, 6) is 0.688. The van der Waals surface area contributed by atoms with Crippen LogP contribution < -0.4 is 0 Å². The lowest BCUT2D eigenvalue weighted by molar-refractivity contribution is 1.18. The lowest BCUT2D eigenvalue weighted by atomic mass is 9.96. The highest BCUT2D eigenvalue weighted by molar-refractivity contribution is 5.97. The van der Waals surface area contributed by atoms with Crippen molar-refractivity contribution in [3.05, 3.63) is 176 Å². The summed E-state index contributed by atoms with van der Waals surface area (Å²) in [7, 11) is 0. The second-order valence-corrected chi connectivity index (χ2v) is 11.3. The Morgan fingerprint density at radius 2 is 0.935 bits per heavy atom. The van der Waals surface area contributed by atoms with Crippen LogP contribution in [0.5, 0.6) is 0 Å². The first-order valence-electron chi connectivity index (χ1n) is 15.4.